The van der Waals surface area contributed by atoms with Crippen LogP contribution in [0.15, 0.2) is 18.3 Å². The van der Waals surface area contributed by atoms with Crippen LogP contribution < -0.4 is 5.32 Å². The van der Waals surface area contributed by atoms with Gasteiger partial charge in [-0.3, -0.25) is 0 Å². The average molecular weight is 231 g/mol. The lowest BCUT2D eigenvalue weighted by Gasteiger charge is -2.26. The van der Waals surface area contributed by atoms with Gasteiger partial charge in [0.25, 0.3) is 0 Å². The highest BCUT2D eigenvalue weighted by molar-refractivity contribution is 5.83. The predicted octanol–water partition coefficient (Wildman–Crippen LogP) is 1.62. The number of nitrogens with one attached hydrogen (secondary N) is 1. The lowest BCUT2D eigenvalue weighted by Crippen LogP contribution is -2.45. The van der Waals surface area contributed by atoms with Gasteiger partial charge < -0.3 is 10.4 Å². The molecule has 1 aliphatic carbocycles. The minimum atomic E-state index is -0.999. The summed E-state index contributed by atoms with van der Waals surface area (Å²) in [5.41, 5.74) is -0.535. The second kappa shape index (κ2) is 4.06. The molecule has 17 heavy (non-hydrogen) atoms. The lowest BCUT2D eigenvalue weighted by molar-refractivity contribution is -0.142. The van der Waals surface area contributed by atoms with Gasteiger partial charge in [-0.1, -0.05) is 0 Å². The number of pyridine rings is 1. The SMILES string of the molecule is CC(Nc1cc(C#N)ccn1)(C(=O)O)C1CC1. The van der Waals surface area contributed by atoms with Crippen molar-refractivity contribution >= 4 is 11.8 Å². The number of aliphatic carboxylic acids is 1. The fraction of sp³-hybridized carbons (Fsp3) is 0.417. The van der Waals surface area contributed by atoms with E-state index in [1.165, 1.54) is 6.20 Å². The zero-order valence-corrected chi connectivity index (χ0v) is 9.47. The summed E-state index contributed by atoms with van der Waals surface area (Å²) in [7, 11) is 0. The number of nitriles is 1. The summed E-state index contributed by atoms with van der Waals surface area (Å²) in [4.78, 5) is 15.3. The highest BCUT2D eigenvalue weighted by Gasteiger charge is 2.47. The molecule has 1 fully saturated rings. The monoisotopic (exact) mass is 231 g/mol. The minimum absolute atomic E-state index is 0.132. The standard InChI is InChI=1S/C12H13N3O2/c1-12(11(16)17,9-2-3-9)15-10-6-8(7-13)4-5-14-10/h4-6,9H,2-3H2,1H3,(H,14,15)(H,16,17). The number of carboxylic acid groups (broad SMARTS) is 1. The summed E-state index contributed by atoms with van der Waals surface area (Å²) in [5.74, 6) is -0.322. The third-order valence-electron chi connectivity index (χ3n) is 3.11. The largest absolute Gasteiger partial charge is 0.480 e. The van der Waals surface area contributed by atoms with Crippen molar-refractivity contribution in [3.63, 3.8) is 0 Å². The number of rotatable bonds is 4. The van der Waals surface area contributed by atoms with E-state index in [4.69, 9.17) is 5.26 Å². The van der Waals surface area contributed by atoms with Crippen LogP contribution >= 0.6 is 0 Å². The number of carboxylic acids is 1. The molecule has 0 aliphatic heterocycles. The van der Waals surface area contributed by atoms with E-state index in [2.05, 4.69) is 10.3 Å². The van der Waals surface area contributed by atoms with Gasteiger partial charge in [-0.2, -0.15) is 5.26 Å². The van der Waals surface area contributed by atoms with Gasteiger partial charge in [0.05, 0.1) is 11.6 Å². The van der Waals surface area contributed by atoms with Gasteiger partial charge >= 0.3 is 5.97 Å². The minimum Gasteiger partial charge on any atom is -0.480 e. The first-order valence-electron chi connectivity index (χ1n) is 5.44. The summed E-state index contributed by atoms with van der Waals surface area (Å²) >= 11 is 0. The highest BCUT2D eigenvalue weighted by atomic mass is 16.4. The van der Waals surface area contributed by atoms with E-state index in [0.717, 1.165) is 12.8 Å². The molecule has 2 N–H and O–H groups in total. The van der Waals surface area contributed by atoms with Crippen LogP contribution in [-0.2, 0) is 4.79 Å². The Morgan fingerprint density at radius 3 is 2.94 bits per heavy atom. The molecule has 0 amide bonds. The van der Waals surface area contributed by atoms with Crippen molar-refractivity contribution in [3.8, 4) is 6.07 Å². The second-order valence-corrected chi connectivity index (χ2v) is 4.45. The number of aromatic nitrogens is 1. The third kappa shape index (κ3) is 2.21. The Morgan fingerprint density at radius 2 is 2.41 bits per heavy atom. The van der Waals surface area contributed by atoms with E-state index in [1.807, 2.05) is 6.07 Å². The van der Waals surface area contributed by atoms with Crippen LogP contribution in [0.25, 0.3) is 0 Å². The van der Waals surface area contributed by atoms with Crippen molar-refractivity contribution in [1.82, 2.24) is 4.98 Å². The molecule has 2 rings (SSSR count). The fourth-order valence-corrected chi connectivity index (χ4v) is 1.83. The Labute approximate surface area is 99.1 Å². The van der Waals surface area contributed by atoms with Gasteiger partial charge in [0, 0.05) is 6.20 Å². The van der Waals surface area contributed by atoms with Crippen LogP contribution in [0.1, 0.15) is 25.3 Å². The van der Waals surface area contributed by atoms with E-state index in [9.17, 15) is 9.90 Å². The average Bonchev–Trinajstić information content (AvgIpc) is 3.13. The molecular weight excluding hydrogens is 218 g/mol. The Bertz CT molecular complexity index is 491. The van der Waals surface area contributed by atoms with Crippen molar-refractivity contribution in [2.24, 2.45) is 5.92 Å². The molecule has 88 valence electrons. The Kier molecular flexibility index (Phi) is 2.72. The summed E-state index contributed by atoms with van der Waals surface area (Å²) in [6.45, 7) is 1.66. The van der Waals surface area contributed by atoms with Crippen molar-refractivity contribution in [1.29, 1.82) is 5.26 Å². The molecular formula is C12H13N3O2. The number of carbonyl (C=O) groups is 1. The van der Waals surface area contributed by atoms with Crippen molar-refractivity contribution in [2.45, 2.75) is 25.3 Å². The first-order chi connectivity index (χ1) is 8.06. The van der Waals surface area contributed by atoms with Gasteiger partial charge in [-0.25, -0.2) is 9.78 Å². The van der Waals surface area contributed by atoms with Crippen molar-refractivity contribution < 1.29 is 9.90 Å². The summed E-state index contributed by atoms with van der Waals surface area (Å²) < 4.78 is 0. The quantitative estimate of drug-likeness (QED) is 0.822. The maximum atomic E-state index is 11.3. The smallest absolute Gasteiger partial charge is 0.329 e. The van der Waals surface area contributed by atoms with Crippen molar-refractivity contribution in [2.75, 3.05) is 5.32 Å². The topological polar surface area (TPSA) is 86.0 Å². The molecule has 0 spiro atoms. The van der Waals surface area contributed by atoms with Gasteiger partial charge in [0.1, 0.15) is 11.4 Å². The van der Waals surface area contributed by atoms with E-state index in [-0.39, 0.29) is 5.92 Å². The Morgan fingerprint density at radius 1 is 1.71 bits per heavy atom. The number of nitrogens with zero attached hydrogens (tertiary/aromatic N) is 2. The Hall–Kier alpha value is -2.09. The van der Waals surface area contributed by atoms with Gasteiger partial charge in [-0.15, -0.1) is 0 Å². The third-order valence-corrected chi connectivity index (χ3v) is 3.11. The van der Waals surface area contributed by atoms with E-state index >= 15 is 0 Å². The molecule has 1 unspecified atom stereocenters. The molecule has 1 atom stereocenters. The maximum absolute atomic E-state index is 11.3. The summed E-state index contributed by atoms with van der Waals surface area (Å²) in [6.07, 6.45) is 3.32. The van der Waals surface area contributed by atoms with Gasteiger partial charge in [-0.05, 0) is 37.8 Å². The molecule has 1 aliphatic rings. The number of hydrogen-bond donors (Lipinski definition) is 2. The molecule has 1 aromatic rings. The molecule has 1 aromatic heterocycles. The molecule has 1 saturated carbocycles. The molecule has 0 bridgehead atoms. The van der Waals surface area contributed by atoms with Crippen LogP contribution in [0.2, 0.25) is 0 Å². The molecule has 0 aromatic carbocycles. The van der Waals surface area contributed by atoms with Gasteiger partial charge in [0.2, 0.25) is 0 Å². The zero-order chi connectivity index (χ0) is 12.5. The molecule has 0 radical (unpaired) electrons. The number of anilines is 1. The molecule has 5 heteroatoms. The first-order valence-corrected chi connectivity index (χ1v) is 5.44. The molecule has 1 heterocycles. The highest BCUT2D eigenvalue weighted by Crippen LogP contribution is 2.41. The van der Waals surface area contributed by atoms with Gasteiger partial charge in [0.15, 0.2) is 0 Å². The van der Waals surface area contributed by atoms with E-state index < -0.39 is 11.5 Å². The second-order valence-electron chi connectivity index (χ2n) is 4.45. The van der Waals surface area contributed by atoms with Crippen LogP contribution in [0, 0.1) is 17.2 Å². The van der Waals surface area contributed by atoms with Crippen molar-refractivity contribution in [3.05, 3.63) is 23.9 Å². The lowest BCUT2D eigenvalue weighted by atomic mass is 9.96. The van der Waals surface area contributed by atoms with Crippen LogP contribution in [0.3, 0.4) is 0 Å². The predicted molar refractivity (Wildman–Crippen MR) is 61.3 cm³/mol. The molecule has 5 nitrogen and oxygen atoms in total. The van der Waals surface area contributed by atoms with Crippen LogP contribution in [0.4, 0.5) is 5.82 Å². The Balaban J connectivity index is 2.23. The van der Waals surface area contributed by atoms with Crippen LogP contribution in [-0.4, -0.2) is 21.6 Å². The first kappa shape index (κ1) is 11.4. The van der Waals surface area contributed by atoms with E-state index in [0.29, 0.717) is 11.4 Å². The number of hydrogen-bond acceptors (Lipinski definition) is 4. The maximum Gasteiger partial charge on any atom is 0.329 e. The fourth-order valence-electron chi connectivity index (χ4n) is 1.83. The van der Waals surface area contributed by atoms with Crippen LogP contribution in [0.5, 0.6) is 0 Å². The van der Waals surface area contributed by atoms with E-state index in [1.54, 1.807) is 19.1 Å². The summed E-state index contributed by atoms with van der Waals surface area (Å²) in [5, 5.41) is 21.0. The zero-order valence-electron chi connectivity index (χ0n) is 9.47. The normalized spacial score (nSPS) is 17.9. The summed E-state index contributed by atoms with van der Waals surface area (Å²) in [6, 6.07) is 5.14. The molecule has 0 saturated heterocycles.